The number of methoxy groups -OCH3 is 1. The van der Waals surface area contributed by atoms with Crippen LogP contribution < -0.4 is 9.64 Å². The zero-order valence-corrected chi connectivity index (χ0v) is 17.5. The Morgan fingerprint density at radius 2 is 1.97 bits per heavy atom. The Bertz CT molecular complexity index is 915. The number of carbonyl (C=O) groups excluding carboxylic acids is 2. The summed E-state index contributed by atoms with van der Waals surface area (Å²) in [5.41, 5.74) is 1.32. The summed E-state index contributed by atoms with van der Waals surface area (Å²) in [6.07, 6.45) is 0.440. The van der Waals surface area contributed by atoms with Crippen molar-refractivity contribution < 1.29 is 14.3 Å². The Kier molecular flexibility index (Phi) is 6.00. The Morgan fingerprint density at radius 3 is 2.59 bits per heavy atom. The Morgan fingerprint density at radius 1 is 1.24 bits per heavy atom. The summed E-state index contributed by atoms with van der Waals surface area (Å²) >= 11 is 0. The number of hydrogen-bond donors (Lipinski definition) is 0. The number of likely N-dealkylation sites (tertiary alicyclic amines) is 1. The van der Waals surface area contributed by atoms with Crippen molar-refractivity contribution in [3.8, 4) is 5.75 Å². The van der Waals surface area contributed by atoms with Gasteiger partial charge in [-0.2, -0.15) is 0 Å². The quantitative estimate of drug-likeness (QED) is 0.739. The fourth-order valence-electron chi connectivity index (χ4n) is 3.38. The fraction of sp³-hybridized carbons (Fsp3) is 0.429. The minimum atomic E-state index is -0.168. The van der Waals surface area contributed by atoms with Gasteiger partial charge in [0.2, 0.25) is 5.91 Å². The number of aromatic nitrogens is 2. The maximum atomic E-state index is 12.9. The third kappa shape index (κ3) is 4.47. The van der Waals surface area contributed by atoms with Crippen molar-refractivity contribution in [1.29, 1.82) is 0 Å². The van der Waals surface area contributed by atoms with Crippen LogP contribution in [-0.4, -0.2) is 73.4 Å². The molecule has 2 amide bonds. The predicted octanol–water partition coefficient (Wildman–Crippen LogP) is 1.77. The minimum absolute atomic E-state index is 0.0307. The van der Waals surface area contributed by atoms with E-state index in [1.54, 1.807) is 49.2 Å². The van der Waals surface area contributed by atoms with Gasteiger partial charge in [-0.05, 0) is 12.1 Å². The molecule has 0 saturated carbocycles. The van der Waals surface area contributed by atoms with Crippen molar-refractivity contribution in [2.75, 3.05) is 46.7 Å². The number of nitrogens with zero attached hydrogens (tertiary/aromatic N) is 5. The van der Waals surface area contributed by atoms with Crippen molar-refractivity contribution in [3.63, 3.8) is 0 Å². The molecule has 2 aromatic rings. The summed E-state index contributed by atoms with van der Waals surface area (Å²) < 4.78 is 5.30. The van der Waals surface area contributed by atoms with Gasteiger partial charge >= 0.3 is 0 Å². The van der Waals surface area contributed by atoms with E-state index in [4.69, 9.17) is 4.74 Å². The minimum Gasteiger partial charge on any atom is -0.496 e. The van der Waals surface area contributed by atoms with Crippen molar-refractivity contribution in [2.45, 2.75) is 18.9 Å². The van der Waals surface area contributed by atoms with Crippen LogP contribution >= 0.6 is 0 Å². The number of benzene rings is 1. The molecule has 1 saturated heterocycles. The summed E-state index contributed by atoms with van der Waals surface area (Å²) in [5, 5.41) is 0. The predicted molar refractivity (Wildman–Crippen MR) is 110 cm³/mol. The number of likely N-dealkylation sites (N-methyl/N-ethyl adjacent to an activating group) is 1. The molecule has 1 unspecified atom stereocenters. The number of hydrogen-bond acceptors (Lipinski definition) is 6. The lowest BCUT2D eigenvalue weighted by Gasteiger charge is -2.21. The van der Waals surface area contributed by atoms with Crippen molar-refractivity contribution in [3.05, 3.63) is 47.4 Å². The lowest BCUT2D eigenvalue weighted by atomic mass is 10.0. The molecule has 1 fully saturated rings. The molecule has 154 valence electrons. The molecule has 0 bridgehead atoms. The van der Waals surface area contributed by atoms with Crippen LogP contribution in [0, 0.1) is 0 Å². The first-order valence-corrected chi connectivity index (χ1v) is 9.47. The molecule has 2 heterocycles. The number of ether oxygens (including phenoxy) is 1. The topological polar surface area (TPSA) is 78.9 Å². The van der Waals surface area contributed by atoms with Crippen LogP contribution in [0.1, 0.15) is 34.2 Å². The van der Waals surface area contributed by atoms with Gasteiger partial charge in [-0.3, -0.25) is 9.59 Å². The van der Waals surface area contributed by atoms with Crippen LogP contribution in [0.3, 0.4) is 0 Å². The van der Waals surface area contributed by atoms with Gasteiger partial charge < -0.3 is 19.4 Å². The number of amides is 2. The van der Waals surface area contributed by atoms with Crippen LogP contribution in [0.25, 0.3) is 0 Å². The standard InChI is InChI=1S/C21H27N5O3/c1-24(2)19-11-16(14-10-20(27)25(3)12-14)22-18(23-19)13-26(4)21(28)15-8-6-7-9-17(15)29-5/h6-9,11,14H,10,12-13H2,1-5H3. The summed E-state index contributed by atoms with van der Waals surface area (Å²) in [6.45, 7) is 0.889. The second-order valence-corrected chi connectivity index (χ2v) is 7.50. The average molecular weight is 397 g/mol. The largest absolute Gasteiger partial charge is 0.496 e. The highest BCUT2D eigenvalue weighted by Crippen LogP contribution is 2.28. The fourth-order valence-corrected chi connectivity index (χ4v) is 3.38. The first-order chi connectivity index (χ1) is 13.8. The molecule has 0 radical (unpaired) electrons. The third-order valence-corrected chi connectivity index (χ3v) is 5.06. The van der Waals surface area contributed by atoms with Gasteiger partial charge in [0.1, 0.15) is 17.4 Å². The second kappa shape index (κ2) is 8.46. The van der Waals surface area contributed by atoms with Crippen LogP contribution in [0.5, 0.6) is 5.75 Å². The van der Waals surface area contributed by atoms with Crippen LogP contribution in [0.15, 0.2) is 30.3 Å². The van der Waals surface area contributed by atoms with E-state index in [0.29, 0.717) is 30.1 Å². The SMILES string of the molecule is COc1ccccc1C(=O)N(C)Cc1nc(C2CC(=O)N(C)C2)cc(N(C)C)n1. The van der Waals surface area contributed by atoms with Gasteiger partial charge in [-0.15, -0.1) is 0 Å². The number of para-hydroxylation sites is 1. The summed E-state index contributed by atoms with van der Waals surface area (Å²) in [6, 6.07) is 9.04. The molecule has 0 spiro atoms. The lowest BCUT2D eigenvalue weighted by molar-refractivity contribution is -0.126. The first-order valence-electron chi connectivity index (χ1n) is 9.47. The van der Waals surface area contributed by atoms with Gasteiger partial charge in [0.25, 0.3) is 5.91 Å². The van der Waals surface area contributed by atoms with E-state index in [1.165, 1.54) is 0 Å². The van der Waals surface area contributed by atoms with E-state index in [-0.39, 0.29) is 24.3 Å². The highest BCUT2D eigenvalue weighted by atomic mass is 16.5. The molecule has 1 aromatic carbocycles. The summed E-state index contributed by atoms with van der Waals surface area (Å²) in [5.74, 6) is 1.80. The van der Waals surface area contributed by atoms with Crippen LogP contribution in [0.2, 0.25) is 0 Å². The molecule has 3 rings (SSSR count). The normalized spacial score (nSPS) is 16.1. The van der Waals surface area contributed by atoms with E-state index < -0.39 is 0 Å². The number of carbonyl (C=O) groups is 2. The molecular weight excluding hydrogens is 370 g/mol. The molecule has 1 atom stereocenters. The molecule has 1 aliphatic heterocycles. The molecule has 8 heteroatoms. The van der Waals surface area contributed by atoms with Gasteiger partial charge in [0.15, 0.2) is 0 Å². The van der Waals surface area contributed by atoms with E-state index in [2.05, 4.69) is 9.97 Å². The van der Waals surface area contributed by atoms with Gasteiger partial charge in [-0.1, -0.05) is 12.1 Å². The zero-order valence-electron chi connectivity index (χ0n) is 17.5. The van der Waals surface area contributed by atoms with Crippen LogP contribution in [-0.2, 0) is 11.3 Å². The van der Waals surface area contributed by atoms with Crippen molar-refractivity contribution in [2.24, 2.45) is 0 Å². The Labute approximate surface area is 171 Å². The second-order valence-electron chi connectivity index (χ2n) is 7.50. The molecule has 29 heavy (non-hydrogen) atoms. The highest BCUT2D eigenvalue weighted by Gasteiger charge is 2.30. The number of anilines is 1. The maximum Gasteiger partial charge on any atom is 0.257 e. The Hall–Kier alpha value is -3.16. The van der Waals surface area contributed by atoms with Crippen LogP contribution in [0.4, 0.5) is 5.82 Å². The highest BCUT2D eigenvalue weighted by molar-refractivity contribution is 5.96. The van der Waals surface area contributed by atoms with E-state index in [1.807, 2.05) is 31.1 Å². The van der Waals surface area contributed by atoms with Gasteiger partial charge in [0, 0.05) is 53.1 Å². The maximum absolute atomic E-state index is 12.9. The van der Waals surface area contributed by atoms with E-state index in [0.717, 1.165) is 11.5 Å². The van der Waals surface area contributed by atoms with E-state index >= 15 is 0 Å². The Balaban J connectivity index is 1.86. The smallest absolute Gasteiger partial charge is 0.257 e. The zero-order chi connectivity index (χ0) is 21.1. The lowest BCUT2D eigenvalue weighted by Crippen LogP contribution is -2.28. The molecule has 8 nitrogen and oxygen atoms in total. The summed E-state index contributed by atoms with van der Waals surface area (Å²) in [4.78, 5) is 39.3. The molecular formula is C21H27N5O3. The first kappa shape index (κ1) is 20.6. The van der Waals surface area contributed by atoms with Crippen molar-refractivity contribution >= 4 is 17.6 Å². The molecule has 0 N–H and O–H groups in total. The monoisotopic (exact) mass is 397 g/mol. The molecule has 0 aliphatic carbocycles. The van der Waals surface area contributed by atoms with E-state index in [9.17, 15) is 9.59 Å². The third-order valence-electron chi connectivity index (χ3n) is 5.06. The summed E-state index contributed by atoms with van der Waals surface area (Å²) in [7, 11) is 8.88. The van der Waals surface area contributed by atoms with Crippen molar-refractivity contribution in [1.82, 2.24) is 19.8 Å². The molecule has 1 aromatic heterocycles. The number of rotatable bonds is 6. The average Bonchev–Trinajstić information content (AvgIpc) is 3.05. The van der Waals surface area contributed by atoms with Gasteiger partial charge in [-0.25, -0.2) is 9.97 Å². The molecule has 1 aliphatic rings. The van der Waals surface area contributed by atoms with Gasteiger partial charge in [0.05, 0.1) is 24.9 Å².